The number of carbonyl (C=O) groups excluding carboxylic acids is 3. The number of methoxy groups -OCH3 is 1. The number of ether oxygens (including phenoxy) is 2. The molecule has 2 atom stereocenters. The molecule has 0 spiro atoms. The Balaban J connectivity index is 1.55. The summed E-state index contributed by atoms with van der Waals surface area (Å²) in [5.74, 6) is -1.04. The molecule has 7 heteroatoms. The van der Waals surface area contributed by atoms with E-state index in [4.69, 9.17) is 9.47 Å². The van der Waals surface area contributed by atoms with Crippen molar-refractivity contribution in [1.29, 1.82) is 0 Å². The summed E-state index contributed by atoms with van der Waals surface area (Å²) in [6.45, 7) is 3.82. The summed E-state index contributed by atoms with van der Waals surface area (Å²) < 4.78 is 10.4. The topological polar surface area (TPSA) is 84.9 Å². The van der Waals surface area contributed by atoms with Crippen LogP contribution in [0.1, 0.15) is 25.8 Å². The number of amides is 2. The Morgan fingerprint density at radius 3 is 2.40 bits per heavy atom. The first-order valence-corrected chi connectivity index (χ1v) is 9.96. The Hall–Kier alpha value is -3.35. The number of hydrogen-bond donors (Lipinski definition) is 1. The third-order valence-corrected chi connectivity index (χ3v) is 5.13. The van der Waals surface area contributed by atoms with Crippen molar-refractivity contribution >= 4 is 29.2 Å². The molecule has 1 aliphatic heterocycles. The minimum Gasteiger partial charge on any atom is -0.497 e. The Morgan fingerprint density at radius 1 is 1.13 bits per heavy atom. The standard InChI is InChI=1S/C23H26N2O5/c1-4-16-5-9-19(10-6-16)25-14-17(13-21(25)26)23(28)30-15(2)22(27)24-18-7-11-20(29-3)12-8-18/h5-12,15,17H,4,13-14H2,1-3H3,(H,24,27). The molecule has 0 bridgehead atoms. The molecule has 1 aliphatic rings. The molecule has 30 heavy (non-hydrogen) atoms. The van der Waals surface area contributed by atoms with Gasteiger partial charge in [-0.05, 0) is 55.3 Å². The van der Waals surface area contributed by atoms with Crippen LogP contribution in [0, 0.1) is 5.92 Å². The van der Waals surface area contributed by atoms with E-state index in [1.165, 1.54) is 12.5 Å². The normalized spacial score (nSPS) is 16.8. The molecule has 2 aromatic rings. The lowest BCUT2D eigenvalue weighted by molar-refractivity contribution is -0.157. The predicted octanol–water partition coefficient (Wildman–Crippen LogP) is 3.18. The van der Waals surface area contributed by atoms with Crippen LogP contribution in [-0.2, 0) is 25.5 Å². The molecule has 0 radical (unpaired) electrons. The Bertz CT molecular complexity index is 908. The molecule has 1 N–H and O–H groups in total. The Morgan fingerprint density at radius 2 is 1.80 bits per heavy atom. The van der Waals surface area contributed by atoms with Crippen LogP contribution in [0.5, 0.6) is 5.75 Å². The zero-order valence-corrected chi connectivity index (χ0v) is 17.4. The molecule has 7 nitrogen and oxygen atoms in total. The van der Waals surface area contributed by atoms with Gasteiger partial charge in [0.25, 0.3) is 5.91 Å². The first-order valence-electron chi connectivity index (χ1n) is 9.96. The van der Waals surface area contributed by atoms with E-state index in [0.717, 1.165) is 12.1 Å². The van der Waals surface area contributed by atoms with E-state index in [1.54, 1.807) is 36.3 Å². The molecular formula is C23H26N2O5. The average molecular weight is 410 g/mol. The van der Waals surface area contributed by atoms with Gasteiger partial charge in [0.1, 0.15) is 5.75 Å². The van der Waals surface area contributed by atoms with Gasteiger partial charge < -0.3 is 19.7 Å². The van der Waals surface area contributed by atoms with Gasteiger partial charge in [0, 0.05) is 24.3 Å². The SMILES string of the molecule is CCc1ccc(N2CC(C(=O)OC(C)C(=O)Nc3ccc(OC)cc3)CC2=O)cc1. The fourth-order valence-electron chi connectivity index (χ4n) is 3.27. The molecule has 1 fully saturated rings. The summed E-state index contributed by atoms with van der Waals surface area (Å²) in [6.07, 6.45) is 0.00786. The lowest BCUT2D eigenvalue weighted by atomic mass is 10.1. The summed E-state index contributed by atoms with van der Waals surface area (Å²) in [4.78, 5) is 38.8. The van der Waals surface area contributed by atoms with Crippen molar-refractivity contribution in [3.63, 3.8) is 0 Å². The zero-order valence-electron chi connectivity index (χ0n) is 17.4. The van der Waals surface area contributed by atoms with E-state index in [0.29, 0.717) is 11.4 Å². The number of aryl methyl sites for hydroxylation is 1. The van der Waals surface area contributed by atoms with Gasteiger partial charge in [-0.2, -0.15) is 0 Å². The number of rotatable bonds is 7. The van der Waals surface area contributed by atoms with Crippen LogP contribution >= 0.6 is 0 Å². The second-order valence-electron chi connectivity index (χ2n) is 7.22. The maximum absolute atomic E-state index is 12.5. The van der Waals surface area contributed by atoms with Crippen LogP contribution in [0.15, 0.2) is 48.5 Å². The molecule has 3 rings (SSSR count). The van der Waals surface area contributed by atoms with Crippen LogP contribution in [0.25, 0.3) is 0 Å². The van der Waals surface area contributed by atoms with Crippen molar-refractivity contribution < 1.29 is 23.9 Å². The summed E-state index contributed by atoms with van der Waals surface area (Å²) in [7, 11) is 1.56. The molecule has 2 amide bonds. The Labute approximate surface area is 176 Å². The molecule has 2 unspecified atom stereocenters. The monoisotopic (exact) mass is 410 g/mol. The quantitative estimate of drug-likeness (QED) is 0.709. The van der Waals surface area contributed by atoms with Crippen LogP contribution < -0.4 is 15.0 Å². The van der Waals surface area contributed by atoms with E-state index in [1.807, 2.05) is 24.3 Å². The minimum atomic E-state index is -0.979. The van der Waals surface area contributed by atoms with E-state index in [2.05, 4.69) is 12.2 Å². The highest BCUT2D eigenvalue weighted by atomic mass is 16.5. The second kappa shape index (κ2) is 9.43. The summed E-state index contributed by atoms with van der Waals surface area (Å²) in [6, 6.07) is 14.5. The number of benzene rings is 2. The Kier molecular flexibility index (Phi) is 6.72. The van der Waals surface area contributed by atoms with Gasteiger partial charge in [0.15, 0.2) is 6.10 Å². The molecule has 1 saturated heterocycles. The molecule has 0 aliphatic carbocycles. The lowest BCUT2D eigenvalue weighted by Crippen LogP contribution is -2.33. The highest BCUT2D eigenvalue weighted by Gasteiger charge is 2.37. The third kappa shape index (κ3) is 4.97. The summed E-state index contributed by atoms with van der Waals surface area (Å²) >= 11 is 0. The van der Waals surface area contributed by atoms with E-state index < -0.39 is 23.9 Å². The van der Waals surface area contributed by atoms with E-state index in [9.17, 15) is 14.4 Å². The molecule has 1 heterocycles. The summed E-state index contributed by atoms with van der Waals surface area (Å²) in [5, 5.41) is 2.69. The van der Waals surface area contributed by atoms with Gasteiger partial charge in [0.05, 0.1) is 13.0 Å². The summed E-state index contributed by atoms with van der Waals surface area (Å²) in [5.41, 5.74) is 2.51. The fourth-order valence-corrected chi connectivity index (χ4v) is 3.27. The van der Waals surface area contributed by atoms with Gasteiger partial charge >= 0.3 is 5.97 Å². The maximum Gasteiger partial charge on any atom is 0.312 e. The van der Waals surface area contributed by atoms with Gasteiger partial charge in [-0.1, -0.05) is 19.1 Å². The van der Waals surface area contributed by atoms with Gasteiger partial charge in [-0.25, -0.2) is 0 Å². The number of hydrogen-bond acceptors (Lipinski definition) is 5. The highest BCUT2D eigenvalue weighted by Crippen LogP contribution is 2.26. The molecule has 0 aromatic heterocycles. The van der Waals surface area contributed by atoms with Crippen molar-refractivity contribution in [1.82, 2.24) is 0 Å². The van der Waals surface area contributed by atoms with Crippen molar-refractivity contribution in [2.45, 2.75) is 32.8 Å². The van der Waals surface area contributed by atoms with Crippen molar-refractivity contribution in [2.75, 3.05) is 23.9 Å². The van der Waals surface area contributed by atoms with E-state index in [-0.39, 0.29) is 18.9 Å². The lowest BCUT2D eigenvalue weighted by Gasteiger charge is -2.18. The van der Waals surface area contributed by atoms with E-state index >= 15 is 0 Å². The van der Waals surface area contributed by atoms with Crippen molar-refractivity contribution in [2.24, 2.45) is 5.92 Å². The van der Waals surface area contributed by atoms with Crippen molar-refractivity contribution in [3.8, 4) is 5.75 Å². The zero-order chi connectivity index (χ0) is 21.7. The molecule has 158 valence electrons. The second-order valence-corrected chi connectivity index (χ2v) is 7.22. The smallest absolute Gasteiger partial charge is 0.312 e. The predicted molar refractivity (Wildman–Crippen MR) is 113 cm³/mol. The highest BCUT2D eigenvalue weighted by molar-refractivity contribution is 6.00. The average Bonchev–Trinajstić information content (AvgIpc) is 3.16. The fraction of sp³-hybridized carbons (Fsp3) is 0.348. The number of nitrogens with zero attached hydrogens (tertiary/aromatic N) is 1. The van der Waals surface area contributed by atoms with Gasteiger partial charge in [-0.15, -0.1) is 0 Å². The van der Waals surface area contributed by atoms with Crippen LogP contribution in [0.3, 0.4) is 0 Å². The first kappa shape index (κ1) is 21.4. The number of esters is 1. The van der Waals surface area contributed by atoms with Crippen LogP contribution in [0.2, 0.25) is 0 Å². The number of nitrogens with one attached hydrogen (secondary N) is 1. The van der Waals surface area contributed by atoms with Crippen LogP contribution in [-0.4, -0.2) is 37.5 Å². The maximum atomic E-state index is 12.5. The number of carbonyl (C=O) groups is 3. The van der Waals surface area contributed by atoms with Crippen molar-refractivity contribution in [3.05, 3.63) is 54.1 Å². The molecule has 2 aromatic carbocycles. The molecular weight excluding hydrogens is 384 g/mol. The number of anilines is 2. The molecule has 0 saturated carbocycles. The van der Waals surface area contributed by atoms with Gasteiger partial charge in [0.2, 0.25) is 5.91 Å². The van der Waals surface area contributed by atoms with Gasteiger partial charge in [-0.3, -0.25) is 14.4 Å². The van der Waals surface area contributed by atoms with Crippen LogP contribution in [0.4, 0.5) is 11.4 Å². The first-order chi connectivity index (χ1) is 14.4. The minimum absolute atomic E-state index is 0.0706. The third-order valence-electron chi connectivity index (χ3n) is 5.13. The largest absolute Gasteiger partial charge is 0.497 e.